The number of aromatic nitrogens is 2. The van der Waals surface area contributed by atoms with Crippen LogP contribution in [-0.2, 0) is 13.0 Å². The van der Waals surface area contributed by atoms with Crippen LogP contribution in [0.3, 0.4) is 0 Å². The maximum absolute atomic E-state index is 11.4. The summed E-state index contributed by atoms with van der Waals surface area (Å²) >= 11 is 0. The van der Waals surface area contributed by atoms with Crippen molar-refractivity contribution >= 4 is 17.1 Å². The van der Waals surface area contributed by atoms with E-state index in [2.05, 4.69) is 10.1 Å². The van der Waals surface area contributed by atoms with Crippen molar-refractivity contribution in [3.63, 3.8) is 0 Å². The van der Waals surface area contributed by atoms with E-state index in [0.717, 1.165) is 17.1 Å². The van der Waals surface area contributed by atoms with Crippen molar-refractivity contribution in [2.24, 2.45) is 0 Å². The lowest BCUT2D eigenvalue weighted by molar-refractivity contribution is 0.111. The molecule has 1 aromatic heterocycles. The van der Waals surface area contributed by atoms with E-state index in [0.29, 0.717) is 29.4 Å². The maximum Gasteiger partial charge on any atom is 0.264 e. The number of benzene rings is 2. The molecule has 0 bridgehead atoms. The molecule has 0 saturated heterocycles. The van der Waals surface area contributed by atoms with Gasteiger partial charge in [0.1, 0.15) is 5.75 Å². The molecule has 106 valence electrons. The summed E-state index contributed by atoms with van der Waals surface area (Å²) in [5.41, 5.74) is 0.531. The Hall–Kier alpha value is -2.69. The number of nitrogens with zero attached hydrogens (tertiary/aromatic N) is 2. The number of ether oxygens (including phenoxy) is 1. The number of aldehydes is 1. The fraction of sp³-hybridized carbons (Fsp3) is 0.188. The van der Waals surface area contributed by atoms with Crippen LogP contribution in [0.5, 0.6) is 5.75 Å². The van der Waals surface area contributed by atoms with E-state index in [9.17, 15) is 4.79 Å². The zero-order chi connectivity index (χ0) is 14.7. The van der Waals surface area contributed by atoms with Crippen LogP contribution >= 0.6 is 0 Å². The Morgan fingerprint density at radius 1 is 1.24 bits per heavy atom. The van der Waals surface area contributed by atoms with Crippen molar-refractivity contribution in [2.45, 2.75) is 20.0 Å². The fourth-order valence-corrected chi connectivity index (χ4v) is 2.15. The lowest BCUT2D eigenvalue weighted by atomic mass is 10.0. The summed E-state index contributed by atoms with van der Waals surface area (Å²) < 4.78 is 10.7. The summed E-state index contributed by atoms with van der Waals surface area (Å²) in [6, 6.07) is 11.4. The van der Waals surface area contributed by atoms with Crippen molar-refractivity contribution in [3.8, 4) is 5.75 Å². The molecule has 3 aromatic rings. The van der Waals surface area contributed by atoms with Crippen LogP contribution in [0.15, 0.2) is 40.9 Å². The molecule has 0 fully saturated rings. The third-order valence-corrected chi connectivity index (χ3v) is 3.23. The van der Waals surface area contributed by atoms with Gasteiger partial charge in [0.2, 0.25) is 0 Å². The maximum atomic E-state index is 11.4. The van der Waals surface area contributed by atoms with Crippen LogP contribution in [0.25, 0.3) is 10.8 Å². The molecule has 0 spiro atoms. The zero-order valence-electron chi connectivity index (χ0n) is 11.6. The Morgan fingerprint density at radius 3 is 2.86 bits per heavy atom. The number of rotatable bonds is 5. The molecule has 2 aromatic carbocycles. The number of hydrogen-bond donors (Lipinski definition) is 0. The van der Waals surface area contributed by atoms with Gasteiger partial charge >= 0.3 is 0 Å². The number of aryl methyl sites for hydroxylation is 1. The third kappa shape index (κ3) is 2.63. The van der Waals surface area contributed by atoms with Crippen molar-refractivity contribution in [1.29, 1.82) is 0 Å². The highest BCUT2D eigenvalue weighted by molar-refractivity contribution is 6.00. The first kappa shape index (κ1) is 13.3. The average Bonchev–Trinajstić information content (AvgIpc) is 3.00. The first-order valence-corrected chi connectivity index (χ1v) is 6.73. The highest BCUT2D eigenvalue weighted by Crippen LogP contribution is 2.27. The molecular weight excluding hydrogens is 268 g/mol. The summed E-state index contributed by atoms with van der Waals surface area (Å²) in [5, 5.41) is 5.67. The fourth-order valence-electron chi connectivity index (χ4n) is 2.15. The van der Waals surface area contributed by atoms with Crippen LogP contribution in [-0.4, -0.2) is 16.4 Å². The highest BCUT2D eigenvalue weighted by atomic mass is 16.5. The largest absolute Gasteiger partial charge is 0.483 e. The van der Waals surface area contributed by atoms with Gasteiger partial charge in [-0.05, 0) is 16.8 Å². The second-order valence-corrected chi connectivity index (χ2v) is 4.56. The van der Waals surface area contributed by atoms with Gasteiger partial charge in [-0.15, -0.1) is 0 Å². The van der Waals surface area contributed by atoms with Gasteiger partial charge in [0, 0.05) is 6.42 Å². The summed E-state index contributed by atoms with van der Waals surface area (Å²) in [5.74, 6) is 1.56. The van der Waals surface area contributed by atoms with E-state index in [1.165, 1.54) is 0 Å². The quantitative estimate of drug-likeness (QED) is 0.672. The van der Waals surface area contributed by atoms with Gasteiger partial charge in [0.15, 0.2) is 18.7 Å². The minimum Gasteiger partial charge on any atom is -0.483 e. The third-order valence-electron chi connectivity index (χ3n) is 3.23. The first-order chi connectivity index (χ1) is 10.3. The second-order valence-electron chi connectivity index (χ2n) is 4.56. The molecule has 0 N–H and O–H groups in total. The molecule has 3 rings (SSSR count). The Bertz CT molecular complexity index is 780. The molecule has 1 heterocycles. The number of carbonyl (C=O) groups is 1. The van der Waals surface area contributed by atoms with Gasteiger partial charge in [0.25, 0.3) is 5.89 Å². The van der Waals surface area contributed by atoms with Crippen LogP contribution in [0.1, 0.15) is 29.0 Å². The Balaban J connectivity index is 1.88. The Morgan fingerprint density at radius 2 is 2.10 bits per heavy atom. The molecule has 21 heavy (non-hydrogen) atoms. The molecule has 5 heteroatoms. The molecule has 0 amide bonds. The van der Waals surface area contributed by atoms with E-state index in [4.69, 9.17) is 9.26 Å². The normalized spacial score (nSPS) is 10.7. The van der Waals surface area contributed by atoms with E-state index in [1.54, 1.807) is 6.07 Å². The van der Waals surface area contributed by atoms with E-state index >= 15 is 0 Å². The van der Waals surface area contributed by atoms with E-state index in [-0.39, 0.29) is 6.61 Å². The van der Waals surface area contributed by atoms with Gasteiger partial charge in [-0.3, -0.25) is 4.79 Å². The molecule has 0 saturated carbocycles. The Labute approximate surface area is 121 Å². The number of carbonyl (C=O) groups excluding carboxylic acids is 1. The standard InChI is InChI=1S/C16H14N2O3/c1-2-15-17-16(21-18-15)10-20-14-8-7-11-5-3-4-6-12(11)13(14)9-19/h3-9H,2,10H2,1H3. The first-order valence-electron chi connectivity index (χ1n) is 6.73. The SMILES string of the molecule is CCc1noc(COc2ccc3ccccc3c2C=O)n1. The predicted octanol–water partition coefficient (Wildman–Crippen LogP) is 3.18. The lowest BCUT2D eigenvalue weighted by Crippen LogP contribution is -1.99. The summed E-state index contributed by atoms with van der Waals surface area (Å²) in [6.07, 6.45) is 1.52. The Kier molecular flexibility index (Phi) is 3.64. The number of fused-ring (bicyclic) bond motifs is 1. The van der Waals surface area contributed by atoms with Crippen LogP contribution < -0.4 is 4.74 Å². The minimum absolute atomic E-state index is 0.145. The second kappa shape index (κ2) is 5.75. The van der Waals surface area contributed by atoms with Crippen LogP contribution in [0.2, 0.25) is 0 Å². The van der Waals surface area contributed by atoms with Crippen molar-refractivity contribution in [2.75, 3.05) is 0 Å². The summed E-state index contributed by atoms with van der Waals surface area (Å²) in [4.78, 5) is 15.5. The molecule has 0 aliphatic heterocycles. The molecule has 0 atom stereocenters. The monoisotopic (exact) mass is 282 g/mol. The molecule has 0 radical (unpaired) electrons. The van der Waals surface area contributed by atoms with E-state index < -0.39 is 0 Å². The molecular formula is C16H14N2O3. The topological polar surface area (TPSA) is 65.2 Å². The van der Waals surface area contributed by atoms with Gasteiger partial charge in [0.05, 0.1) is 5.56 Å². The van der Waals surface area contributed by atoms with E-state index in [1.807, 2.05) is 37.3 Å². The lowest BCUT2D eigenvalue weighted by Gasteiger charge is -2.08. The summed E-state index contributed by atoms with van der Waals surface area (Å²) in [7, 11) is 0. The average molecular weight is 282 g/mol. The smallest absolute Gasteiger partial charge is 0.264 e. The van der Waals surface area contributed by atoms with Gasteiger partial charge < -0.3 is 9.26 Å². The van der Waals surface area contributed by atoms with Crippen LogP contribution in [0, 0.1) is 0 Å². The predicted molar refractivity (Wildman–Crippen MR) is 77.3 cm³/mol. The summed E-state index contributed by atoms with van der Waals surface area (Å²) in [6.45, 7) is 2.09. The number of hydrogen-bond acceptors (Lipinski definition) is 5. The van der Waals surface area contributed by atoms with Crippen molar-refractivity contribution < 1.29 is 14.1 Å². The van der Waals surface area contributed by atoms with Gasteiger partial charge in [-0.1, -0.05) is 42.4 Å². The molecule has 0 aliphatic carbocycles. The van der Waals surface area contributed by atoms with Crippen molar-refractivity contribution in [1.82, 2.24) is 10.1 Å². The van der Waals surface area contributed by atoms with Crippen LogP contribution in [0.4, 0.5) is 0 Å². The van der Waals surface area contributed by atoms with Crippen molar-refractivity contribution in [3.05, 3.63) is 53.7 Å². The van der Waals surface area contributed by atoms with Gasteiger partial charge in [-0.2, -0.15) is 4.98 Å². The minimum atomic E-state index is 0.145. The van der Waals surface area contributed by atoms with Gasteiger partial charge in [-0.25, -0.2) is 0 Å². The highest BCUT2D eigenvalue weighted by Gasteiger charge is 2.10. The molecule has 0 aliphatic rings. The molecule has 0 unspecified atom stereocenters. The molecule has 5 nitrogen and oxygen atoms in total. The zero-order valence-corrected chi connectivity index (χ0v) is 11.6.